The summed E-state index contributed by atoms with van der Waals surface area (Å²) in [7, 11) is 0. The molecule has 0 radical (unpaired) electrons. The first kappa shape index (κ1) is 14.4. The molecule has 0 saturated heterocycles. The standard InChI is InChI=1S/C11H17ClN2O2S/c1-3-11(4-2,7-17)6-14-5-8(12)9(15)13-10(14)16/h5,17H,3-4,6-7H2,1-2H3,(H,13,15,16). The molecule has 4 nitrogen and oxygen atoms in total. The SMILES string of the molecule is CCC(CC)(CS)Cn1cc(Cl)c(=O)[nH]c1=O. The lowest BCUT2D eigenvalue weighted by Gasteiger charge is -2.30. The first-order valence-electron chi connectivity index (χ1n) is 5.58. The molecule has 0 aromatic carbocycles. The van der Waals surface area contributed by atoms with Gasteiger partial charge in [0.05, 0.1) is 0 Å². The minimum Gasteiger partial charge on any atom is -0.299 e. The van der Waals surface area contributed by atoms with Crippen LogP contribution in [0.15, 0.2) is 15.8 Å². The van der Waals surface area contributed by atoms with E-state index in [0.717, 1.165) is 12.8 Å². The molecule has 1 aromatic rings. The summed E-state index contributed by atoms with van der Waals surface area (Å²) >= 11 is 10.1. The zero-order valence-corrected chi connectivity index (χ0v) is 11.6. The van der Waals surface area contributed by atoms with Gasteiger partial charge in [0.15, 0.2) is 0 Å². The number of halogens is 1. The Kier molecular flexibility index (Phi) is 4.89. The Hall–Kier alpha value is -0.680. The Balaban J connectivity index is 3.14. The summed E-state index contributed by atoms with van der Waals surface area (Å²) in [6.45, 7) is 4.65. The number of H-pyrrole nitrogens is 1. The van der Waals surface area contributed by atoms with Crippen LogP contribution in [-0.2, 0) is 6.54 Å². The number of hydrogen-bond donors (Lipinski definition) is 2. The molecule has 0 aliphatic heterocycles. The average molecular weight is 277 g/mol. The van der Waals surface area contributed by atoms with Crippen LogP contribution in [0.1, 0.15) is 26.7 Å². The van der Waals surface area contributed by atoms with Gasteiger partial charge in [0, 0.05) is 12.7 Å². The maximum Gasteiger partial charge on any atom is 0.328 e. The van der Waals surface area contributed by atoms with Crippen LogP contribution in [0.25, 0.3) is 0 Å². The molecule has 6 heteroatoms. The quantitative estimate of drug-likeness (QED) is 0.808. The maximum atomic E-state index is 11.6. The first-order valence-corrected chi connectivity index (χ1v) is 6.59. The normalized spacial score (nSPS) is 11.8. The Morgan fingerprint density at radius 2 is 2.00 bits per heavy atom. The third-order valence-corrected chi connectivity index (χ3v) is 4.25. The number of thiol groups is 1. The van der Waals surface area contributed by atoms with Crippen LogP contribution in [0.5, 0.6) is 0 Å². The minimum absolute atomic E-state index is 0.0323. The highest BCUT2D eigenvalue weighted by Crippen LogP contribution is 2.29. The number of nitrogens with zero attached hydrogens (tertiary/aromatic N) is 1. The third-order valence-electron chi connectivity index (χ3n) is 3.31. The van der Waals surface area contributed by atoms with E-state index in [1.54, 1.807) is 0 Å². The fourth-order valence-electron chi connectivity index (χ4n) is 1.71. The van der Waals surface area contributed by atoms with Crippen molar-refractivity contribution < 1.29 is 0 Å². The van der Waals surface area contributed by atoms with Crippen LogP contribution < -0.4 is 11.2 Å². The predicted octanol–water partition coefficient (Wildman–Crippen LogP) is 1.93. The van der Waals surface area contributed by atoms with Crippen molar-refractivity contribution in [3.63, 3.8) is 0 Å². The molecule has 0 aliphatic carbocycles. The molecule has 0 fully saturated rings. The summed E-state index contributed by atoms with van der Waals surface area (Å²) < 4.78 is 1.45. The van der Waals surface area contributed by atoms with E-state index in [1.807, 2.05) is 0 Å². The smallest absolute Gasteiger partial charge is 0.299 e. The zero-order chi connectivity index (χ0) is 13.1. The van der Waals surface area contributed by atoms with E-state index in [0.29, 0.717) is 12.3 Å². The van der Waals surface area contributed by atoms with E-state index < -0.39 is 11.2 Å². The van der Waals surface area contributed by atoms with Crippen molar-refractivity contribution >= 4 is 24.2 Å². The van der Waals surface area contributed by atoms with Gasteiger partial charge >= 0.3 is 5.69 Å². The van der Waals surface area contributed by atoms with Crippen LogP contribution >= 0.6 is 24.2 Å². The van der Waals surface area contributed by atoms with Gasteiger partial charge in [-0.1, -0.05) is 25.4 Å². The summed E-state index contributed by atoms with van der Waals surface area (Å²) in [6.07, 6.45) is 3.22. The molecule has 0 atom stereocenters. The second-order valence-electron chi connectivity index (χ2n) is 4.23. The third kappa shape index (κ3) is 3.16. The Labute approximate surface area is 110 Å². The Morgan fingerprint density at radius 3 is 2.47 bits per heavy atom. The van der Waals surface area contributed by atoms with Crippen LogP contribution in [-0.4, -0.2) is 15.3 Å². The van der Waals surface area contributed by atoms with Crippen molar-refractivity contribution in [2.45, 2.75) is 33.2 Å². The molecule has 96 valence electrons. The first-order chi connectivity index (χ1) is 7.98. The van der Waals surface area contributed by atoms with Gasteiger partial charge in [-0.25, -0.2) is 4.79 Å². The maximum absolute atomic E-state index is 11.6. The summed E-state index contributed by atoms with van der Waals surface area (Å²) in [5.41, 5.74) is -1.01. The van der Waals surface area contributed by atoms with Gasteiger partial charge in [-0.2, -0.15) is 12.6 Å². The summed E-state index contributed by atoms with van der Waals surface area (Å²) in [6, 6.07) is 0. The highest BCUT2D eigenvalue weighted by atomic mass is 35.5. The van der Waals surface area contributed by atoms with Crippen LogP contribution in [0, 0.1) is 5.41 Å². The largest absolute Gasteiger partial charge is 0.328 e. The van der Waals surface area contributed by atoms with Gasteiger partial charge < -0.3 is 0 Å². The van der Waals surface area contributed by atoms with Crippen LogP contribution in [0.3, 0.4) is 0 Å². The molecule has 17 heavy (non-hydrogen) atoms. The van der Waals surface area contributed by atoms with Crippen molar-refractivity contribution in [1.82, 2.24) is 9.55 Å². The van der Waals surface area contributed by atoms with Gasteiger partial charge in [0.25, 0.3) is 5.56 Å². The zero-order valence-electron chi connectivity index (χ0n) is 9.99. The van der Waals surface area contributed by atoms with E-state index in [2.05, 4.69) is 31.5 Å². The second-order valence-corrected chi connectivity index (χ2v) is 4.95. The van der Waals surface area contributed by atoms with Crippen molar-refractivity contribution in [2.24, 2.45) is 5.41 Å². The fraction of sp³-hybridized carbons (Fsp3) is 0.636. The lowest BCUT2D eigenvalue weighted by atomic mass is 9.84. The minimum atomic E-state index is -0.544. The Bertz CT molecular complexity index is 483. The van der Waals surface area contributed by atoms with Gasteiger partial charge in [0.1, 0.15) is 5.02 Å². The lowest BCUT2D eigenvalue weighted by Crippen LogP contribution is -2.36. The van der Waals surface area contributed by atoms with E-state index in [4.69, 9.17) is 11.6 Å². The topological polar surface area (TPSA) is 54.9 Å². The Morgan fingerprint density at radius 1 is 1.41 bits per heavy atom. The van der Waals surface area contributed by atoms with Crippen LogP contribution in [0.2, 0.25) is 5.02 Å². The molecule has 0 saturated carbocycles. The van der Waals surface area contributed by atoms with Gasteiger partial charge in [-0.3, -0.25) is 14.3 Å². The molecule has 0 amide bonds. The molecule has 1 aromatic heterocycles. The molecule has 0 unspecified atom stereocenters. The number of aromatic nitrogens is 2. The second kappa shape index (κ2) is 5.78. The van der Waals surface area contributed by atoms with E-state index >= 15 is 0 Å². The molecule has 0 spiro atoms. The number of hydrogen-bond acceptors (Lipinski definition) is 3. The molecule has 1 rings (SSSR count). The number of rotatable bonds is 5. The van der Waals surface area contributed by atoms with Crippen molar-refractivity contribution in [2.75, 3.05) is 5.75 Å². The molecule has 1 heterocycles. The monoisotopic (exact) mass is 276 g/mol. The molecule has 0 bridgehead atoms. The van der Waals surface area contributed by atoms with E-state index in [1.165, 1.54) is 10.8 Å². The summed E-state index contributed by atoms with van der Waals surface area (Å²) in [4.78, 5) is 25.0. The van der Waals surface area contributed by atoms with E-state index in [-0.39, 0.29) is 10.4 Å². The predicted molar refractivity (Wildman–Crippen MR) is 73.2 cm³/mol. The van der Waals surface area contributed by atoms with Crippen molar-refractivity contribution in [1.29, 1.82) is 0 Å². The average Bonchev–Trinajstić information content (AvgIpc) is 2.33. The van der Waals surface area contributed by atoms with Gasteiger partial charge in [-0.15, -0.1) is 0 Å². The molecule has 1 N–H and O–H groups in total. The molecular weight excluding hydrogens is 260 g/mol. The summed E-state index contributed by atoms with van der Waals surface area (Å²) in [5, 5.41) is 0.0323. The van der Waals surface area contributed by atoms with Gasteiger partial charge in [0.2, 0.25) is 0 Å². The highest BCUT2D eigenvalue weighted by Gasteiger charge is 2.25. The summed E-state index contributed by atoms with van der Waals surface area (Å²) in [5.74, 6) is 0.684. The van der Waals surface area contributed by atoms with Crippen molar-refractivity contribution in [3.8, 4) is 0 Å². The van der Waals surface area contributed by atoms with Crippen LogP contribution in [0.4, 0.5) is 0 Å². The number of nitrogens with one attached hydrogen (secondary N) is 1. The van der Waals surface area contributed by atoms with Crippen molar-refractivity contribution in [3.05, 3.63) is 32.1 Å². The fourth-order valence-corrected chi connectivity index (χ4v) is 2.42. The van der Waals surface area contributed by atoms with E-state index in [9.17, 15) is 9.59 Å². The number of aromatic amines is 1. The van der Waals surface area contributed by atoms with Gasteiger partial charge in [-0.05, 0) is 24.0 Å². The lowest BCUT2D eigenvalue weighted by molar-refractivity contribution is 0.253. The highest BCUT2D eigenvalue weighted by molar-refractivity contribution is 7.80. The molecule has 0 aliphatic rings. The molecular formula is C11H17ClN2O2S.